The van der Waals surface area contributed by atoms with E-state index in [0.717, 1.165) is 16.8 Å². The molecule has 18 heavy (non-hydrogen) atoms. The summed E-state index contributed by atoms with van der Waals surface area (Å²) in [4.78, 5) is 0. The van der Waals surface area contributed by atoms with Crippen LogP contribution in [0.15, 0.2) is 18.2 Å². The predicted octanol–water partition coefficient (Wildman–Crippen LogP) is 3.09. The van der Waals surface area contributed by atoms with Gasteiger partial charge in [-0.05, 0) is 0 Å². The highest BCUT2D eigenvalue weighted by molar-refractivity contribution is 6.29. The summed E-state index contributed by atoms with van der Waals surface area (Å²) in [5.74, 6) is -4.13. The first-order valence-corrected chi connectivity index (χ1v) is 5.29. The van der Waals surface area contributed by atoms with E-state index in [0.29, 0.717) is 5.69 Å². The Morgan fingerprint density at radius 1 is 1.22 bits per heavy atom. The number of methoxy groups -OCH3 is 1. The SMILES string of the molecule is COCc1cc(Cl)n(-c2cc(F)c(F)c(F)c2)n1. The van der Waals surface area contributed by atoms with Gasteiger partial charge >= 0.3 is 0 Å². The standard InChI is InChI=1S/C11H8ClF3N2O/c1-18-5-6-2-10(12)17(16-6)7-3-8(13)11(15)9(14)4-7/h2-4H,5H2,1H3. The van der Waals surface area contributed by atoms with Gasteiger partial charge in [0.05, 0.1) is 18.0 Å². The Morgan fingerprint density at radius 3 is 2.39 bits per heavy atom. The fourth-order valence-electron chi connectivity index (χ4n) is 1.47. The number of hydrogen-bond donors (Lipinski definition) is 0. The quantitative estimate of drug-likeness (QED) is 0.806. The fourth-order valence-corrected chi connectivity index (χ4v) is 1.73. The molecule has 0 unspecified atom stereocenters. The van der Waals surface area contributed by atoms with Crippen LogP contribution in [0.1, 0.15) is 5.69 Å². The van der Waals surface area contributed by atoms with Crippen LogP contribution in [0.3, 0.4) is 0 Å². The van der Waals surface area contributed by atoms with Gasteiger partial charge in [0, 0.05) is 25.3 Å². The minimum atomic E-state index is -1.53. The molecule has 0 amide bonds. The average molecular weight is 277 g/mol. The van der Waals surface area contributed by atoms with Gasteiger partial charge in [0.15, 0.2) is 17.5 Å². The minimum Gasteiger partial charge on any atom is -0.378 e. The zero-order valence-electron chi connectivity index (χ0n) is 9.25. The molecule has 0 spiro atoms. The maximum atomic E-state index is 13.1. The van der Waals surface area contributed by atoms with Crippen LogP contribution >= 0.6 is 11.6 Å². The Hall–Kier alpha value is -1.53. The molecule has 0 radical (unpaired) electrons. The number of halogens is 4. The lowest BCUT2D eigenvalue weighted by Crippen LogP contribution is -2.02. The van der Waals surface area contributed by atoms with Gasteiger partial charge in [-0.25, -0.2) is 17.9 Å². The first kappa shape index (κ1) is 12.9. The molecule has 96 valence electrons. The molecule has 3 nitrogen and oxygen atoms in total. The summed E-state index contributed by atoms with van der Waals surface area (Å²) >= 11 is 5.87. The van der Waals surface area contributed by atoms with Gasteiger partial charge in [-0.1, -0.05) is 11.6 Å². The summed E-state index contributed by atoms with van der Waals surface area (Å²) in [6.07, 6.45) is 0. The van der Waals surface area contributed by atoms with Crippen LogP contribution in [0.2, 0.25) is 5.15 Å². The van der Waals surface area contributed by atoms with Crippen molar-refractivity contribution in [3.05, 3.63) is 46.5 Å². The van der Waals surface area contributed by atoms with Gasteiger partial charge < -0.3 is 4.74 Å². The number of ether oxygens (including phenoxy) is 1. The average Bonchev–Trinajstić information content (AvgIpc) is 2.67. The Kier molecular flexibility index (Phi) is 3.58. The van der Waals surface area contributed by atoms with Crippen molar-refractivity contribution in [2.24, 2.45) is 0 Å². The van der Waals surface area contributed by atoms with E-state index < -0.39 is 17.5 Å². The summed E-state index contributed by atoms with van der Waals surface area (Å²) in [6.45, 7) is 0.207. The van der Waals surface area contributed by atoms with Gasteiger partial charge in [0.25, 0.3) is 0 Å². The second-order valence-corrected chi connectivity index (χ2v) is 3.91. The topological polar surface area (TPSA) is 27.1 Å². The number of hydrogen-bond acceptors (Lipinski definition) is 2. The predicted molar refractivity (Wildman–Crippen MR) is 59.2 cm³/mol. The van der Waals surface area contributed by atoms with E-state index in [4.69, 9.17) is 16.3 Å². The molecule has 0 aliphatic rings. The van der Waals surface area contributed by atoms with Crippen molar-refractivity contribution >= 4 is 11.6 Å². The second-order valence-electron chi connectivity index (χ2n) is 3.53. The van der Waals surface area contributed by atoms with Crippen molar-refractivity contribution in [3.63, 3.8) is 0 Å². The molecule has 1 aromatic carbocycles. The van der Waals surface area contributed by atoms with Gasteiger partial charge in [0.2, 0.25) is 0 Å². The Balaban J connectivity index is 2.48. The highest BCUT2D eigenvalue weighted by atomic mass is 35.5. The van der Waals surface area contributed by atoms with Gasteiger partial charge in [-0.15, -0.1) is 0 Å². The first-order chi connectivity index (χ1) is 8.52. The summed E-state index contributed by atoms with van der Waals surface area (Å²) in [7, 11) is 1.48. The van der Waals surface area contributed by atoms with E-state index >= 15 is 0 Å². The summed E-state index contributed by atoms with van der Waals surface area (Å²) < 4.78 is 45.0. The third-order valence-corrected chi connectivity index (χ3v) is 2.49. The number of aromatic nitrogens is 2. The Labute approximate surface area is 106 Å². The Bertz CT molecular complexity index is 563. The third kappa shape index (κ3) is 2.34. The molecule has 0 fully saturated rings. The highest BCUT2D eigenvalue weighted by Gasteiger charge is 2.14. The van der Waals surface area contributed by atoms with Crippen LogP contribution in [-0.2, 0) is 11.3 Å². The highest BCUT2D eigenvalue weighted by Crippen LogP contribution is 2.21. The number of benzene rings is 1. The molecule has 0 bridgehead atoms. The van der Waals surface area contributed by atoms with Crippen molar-refractivity contribution in [1.82, 2.24) is 9.78 Å². The van der Waals surface area contributed by atoms with E-state index in [2.05, 4.69) is 5.10 Å². The van der Waals surface area contributed by atoms with Crippen LogP contribution < -0.4 is 0 Å². The van der Waals surface area contributed by atoms with Crippen LogP contribution in [0, 0.1) is 17.5 Å². The fraction of sp³-hybridized carbons (Fsp3) is 0.182. The normalized spacial score (nSPS) is 10.9. The minimum absolute atomic E-state index is 0.00115. The van der Waals surface area contributed by atoms with E-state index in [9.17, 15) is 13.2 Å². The molecule has 0 atom stereocenters. The molecule has 0 aliphatic carbocycles. The van der Waals surface area contributed by atoms with Crippen molar-refractivity contribution in [2.75, 3.05) is 7.11 Å². The van der Waals surface area contributed by atoms with Crippen molar-refractivity contribution in [2.45, 2.75) is 6.61 Å². The molecule has 2 aromatic rings. The van der Waals surface area contributed by atoms with Gasteiger partial charge in [0.1, 0.15) is 5.15 Å². The maximum absolute atomic E-state index is 13.1. The zero-order chi connectivity index (χ0) is 13.3. The van der Waals surface area contributed by atoms with Gasteiger partial charge in [-0.3, -0.25) is 0 Å². The summed E-state index contributed by atoms with van der Waals surface area (Å²) in [6, 6.07) is 3.12. The van der Waals surface area contributed by atoms with E-state index in [1.165, 1.54) is 13.2 Å². The smallest absolute Gasteiger partial charge is 0.194 e. The molecule has 1 heterocycles. The molecule has 0 saturated carbocycles. The van der Waals surface area contributed by atoms with Crippen molar-refractivity contribution in [1.29, 1.82) is 0 Å². The Morgan fingerprint density at radius 2 is 1.83 bits per heavy atom. The van der Waals surface area contributed by atoms with Crippen LogP contribution in [0.5, 0.6) is 0 Å². The lowest BCUT2D eigenvalue weighted by atomic mass is 10.3. The molecule has 1 aromatic heterocycles. The van der Waals surface area contributed by atoms with Crippen LogP contribution in [0.4, 0.5) is 13.2 Å². The second kappa shape index (κ2) is 4.99. The molecule has 7 heteroatoms. The molecule has 0 saturated heterocycles. The van der Waals surface area contributed by atoms with E-state index in [1.54, 1.807) is 0 Å². The third-order valence-electron chi connectivity index (χ3n) is 2.22. The van der Waals surface area contributed by atoms with Gasteiger partial charge in [-0.2, -0.15) is 5.10 Å². The van der Waals surface area contributed by atoms with Crippen LogP contribution in [-0.4, -0.2) is 16.9 Å². The summed E-state index contributed by atoms with van der Waals surface area (Å²) in [5.41, 5.74) is 0.492. The monoisotopic (exact) mass is 276 g/mol. The van der Waals surface area contributed by atoms with Crippen molar-refractivity contribution in [3.8, 4) is 5.69 Å². The largest absolute Gasteiger partial charge is 0.378 e. The lowest BCUT2D eigenvalue weighted by molar-refractivity contribution is 0.181. The maximum Gasteiger partial charge on any atom is 0.194 e. The molecular weight excluding hydrogens is 269 g/mol. The molecule has 2 rings (SSSR count). The first-order valence-electron chi connectivity index (χ1n) is 4.91. The van der Waals surface area contributed by atoms with E-state index in [1.807, 2.05) is 0 Å². The number of nitrogens with zero attached hydrogens (tertiary/aromatic N) is 2. The summed E-state index contributed by atoms with van der Waals surface area (Å²) in [5, 5.41) is 4.13. The van der Waals surface area contributed by atoms with E-state index in [-0.39, 0.29) is 17.4 Å². The molecule has 0 aliphatic heterocycles. The number of rotatable bonds is 3. The molecule has 0 N–H and O–H groups in total. The van der Waals surface area contributed by atoms with Crippen molar-refractivity contribution < 1.29 is 17.9 Å². The molecular formula is C11H8ClF3N2O. The lowest BCUT2D eigenvalue weighted by Gasteiger charge is -2.04. The van der Waals surface area contributed by atoms with Crippen LogP contribution in [0.25, 0.3) is 5.69 Å². The zero-order valence-corrected chi connectivity index (χ0v) is 10.0.